The fourth-order valence-electron chi connectivity index (χ4n) is 3.64. The number of rotatable bonds is 8. The normalized spacial score (nSPS) is 11.6. The zero-order valence-corrected chi connectivity index (χ0v) is 22.1. The lowest BCUT2D eigenvalue weighted by Crippen LogP contribution is -2.18. The van der Waals surface area contributed by atoms with Gasteiger partial charge >= 0.3 is 6.18 Å². The third kappa shape index (κ3) is 6.85. The van der Waals surface area contributed by atoms with Crippen LogP contribution in [0.5, 0.6) is 0 Å². The Morgan fingerprint density at radius 3 is 2.62 bits per heavy atom. The summed E-state index contributed by atoms with van der Waals surface area (Å²) < 4.78 is 42.0. The van der Waals surface area contributed by atoms with Gasteiger partial charge in [0, 0.05) is 38.0 Å². The van der Waals surface area contributed by atoms with Crippen molar-refractivity contribution >= 4 is 34.0 Å². The summed E-state index contributed by atoms with van der Waals surface area (Å²) in [6.07, 6.45) is -1.38. The largest absolute Gasteiger partial charge is 0.416 e. The summed E-state index contributed by atoms with van der Waals surface area (Å²) >= 11 is 1.23. The minimum absolute atomic E-state index is 0.000310. The minimum atomic E-state index is -4.59. The van der Waals surface area contributed by atoms with E-state index in [2.05, 4.69) is 25.9 Å². The van der Waals surface area contributed by atoms with Crippen LogP contribution >= 0.6 is 11.3 Å². The van der Waals surface area contributed by atoms with E-state index in [0.717, 1.165) is 17.7 Å². The maximum absolute atomic E-state index is 13.5. The van der Waals surface area contributed by atoms with Crippen LogP contribution in [0.4, 0.5) is 24.0 Å². The highest BCUT2D eigenvalue weighted by Crippen LogP contribution is 2.33. The van der Waals surface area contributed by atoms with Gasteiger partial charge in [-0.25, -0.2) is 9.67 Å². The molecule has 4 rings (SSSR count). The van der Waals surface area contributed by atoms with Crippen LogP contribution in [0.2, 0.25) is 0 Å². The number of nitrogens with one attached hydrogen (secondary N) is 2. The van der Waals surface area contributed by atoms with Gasteiger partial charge in [0.05, 0.1) is 29.4 Å². The summed E-state index contributed by atoms with van der Waals surface area (Å²) in [6.45, 7) is 3.29. The predicted molar refractivity (Wildman–Crippen MR) is 139 cm³/mol. The predicted octanol–water partition coefficient (Wildman–Crippen LogP) is 4.92. The van der Waals surface area contributed by atoms with Crippen molar-refractivity contribution in [2.45, 2.75) is 26.6 Å². The smallest absolute Gasteiger partial charge is 0.322 e. The molecule has 0 fully saturated rings. The molecule has 0 saturated heterocycles. The number of hydrogen-bond donors (Lipinski definition) is 2. The van der Waals surface area contributed by atoms with E-state index >= 15 is 0 Å². The van der Waals surface area contributed by atoms with Gasteiger partial charge in [0.1, 0.15) is 5.69 Å². The molecule has 2 aromatic heterocycles. The average molecular weight is 560 g/mol. The number of amides is 2. The number of thiazole rings is 1. The molecule has 0 radical (unpaired) electrons. The van der Waals surface area contributed by atoms with Crippen LogP contribution in [0.1, 0.15) is 34.0 Å². The highest BCUT2D eigenvalue weighted by molar-refractivity contribution is 7.19. The molecule has 0 aliphatic rings. The van der Waals surface area contributed by atoms with Crippen molar-refractivity contribution in [1.29, 1.82) is 0 Å². The second kappa shape index (κ2) is 11.3. The Hall–Kier alpha value is -4.14. The number of aromatic nitrogens is 4. The highest BCUT2D eigenvalue weighted by atomic mass is 32.1. The molecule has 0 aliphatic carbocycles. The first-order valence-electron chi connectivity index (χ1n) is 11.5. The molecule has 0 atom stereocenters. The molecule has 4 aromatic rings. The van der Waals surface area contributed by atoms with Crippen molar-refractivity contribution in [2.24, 2.45) is 0 Å². The van der Waals surface area contributed by atoms with E-state index < -0.39 is 17.6 Å². The molecule has 2 amide bonds. The number of carbonyl (C=O) groups is 2. The standard InChI is InChI=1S/C25H24F3N7O3S/c1-14-5-6-17(9-21(14)35-13-20(32-33-35)22-11-29-24(39-22)30-15(2)36)23(37)31-19-8-16(12-34(3)38-4)7-18(10-19)25(26,27)28/h5-11,13H,12H2,1-4H3,(H,31,37)(H,29,30,36). The SMILES string of the molecule is CON(C)Cc1cc(NC(=O)c2ccc(C)c(-n3cc(-c4cnc(NC(C)=O)s4)nn3)c2)cc(C(F)(F)F)c1. The maximum Gasteiger partial charge on any atom is 0.416 e. The first-order chi connectivity index (χ1) is 18.4. The Morgan fingerprint density at radius 2 is 1.92 bits per heavy atom. The molecule has 2 N–H and O–H groups in total. The number of anilines is 2. The Kier molecular flexibility index (Phi) is 8.09. The molecular weight excluding hydrogens is 535 g/mol. The lowest BCUT2D eigenvalue weighted by Gasteiger charge is -2.17. The van der Waals surface area contributed by atoms with Crippen molar-refractivity contribution in [3.63, 3.8) is 0 Å². The molecular formula is C25H24F3N7O3S. The van der Waals surface area contributed by atoms with E-state index in [-0.39, 0.29) is 23.7 Å². The first-order valence-corrected chi connectivity index (χ1v) is 12.3. The first kappa shape index (κ1) is 27.9. The molecule has 0 unspecified atom stereocenters. The monoisotopic (exact) mass is 559 g/mol. The second-order valence-electron chi connectivity index (χ2n) is 8.60. The number of benzene rings is 2. The van der Waals surface area contributed by atoms with Gasteiger partial charge in [0.15, 0.2) is 5.13 Å². The number of halogens is 3. The number of aryl methyl sites for hydroxylation is 1. The zero-order chi connectivity index (χ0) is 28.3. The second-order valence-corrected chi connectivity index (χ2v) is 9.63. The third-order valence-electron chi connectivity index (χ3n) is 5.55. The fraction of sp³-hybridized carbons (Fsp3) is 0.240. The van der Waals surface area contributed by atoms with Crippen molar-refractivity contribution < 1.29 is 27.6 Å². The lowest BCUT2D eigenvalue weighted by atomic mass is 10.1. The van der Waals surface area contributed by atoms with E-state index in [0.29, 0.717) is 27.0 Å². The van der Waals surface area contributed by atoms with Crippen LogP contribution in [0.3, 0.4) is 0 Å². The summed E-state index contributed by atoms with van der Waals surface area (Å²) in [5, 5.41) is 15.3. The average Bonchev–Trinajstić information content (AvgIpc) is 3.53. The van der Waals surface area contributed by atoms with E-state index in [4.69, 9.17) is 4.84 Å². The third-order valence-corrected chi connectivity index (χ3v) is 6.48. The van der Waals surface area contributed by atoms with E-state index in [1.54, 1.807) is 37.6 Å². The molecule has 0 bridgehead atoms. The molecule has 2 aromatic carbocycles. The van der Waals surface area contributed by atoms with E-state index in [1.807, 2.05) is 6.92 Å². The molecule has 0 aliphatic heterocycles. The topological polar surface area (TPSA) is 114 Å². The van der Waals surface area contributed by atoms with Gasteiger partial charge in [0.2, 0.25) is 5.91 Å². The van der Waals surface area contributed by atoms with Crippen molar-refractivity contribution in [3.8, 4) is 16.3 Å². The van der Waals surface area contributed by atoms with Crippen LogP contribution < -0.4 is 10.6 Å². The van der Waals surface area contributed by atoms with E-state index in [1.165, 1.54) is 41.2 Å². The maximum atomic E-state index is 13.5. The van der Waals surface area contributed by atoms with Crippen LogP contribution in [0.15, 0.2) is 48.8 Å². The Bertz CT molecular complexity index is 1520. The quantitative estimate of drug-likeness (QED) is 0.295. The van der Waals surface area contributed by atoms with Crippen LogP contribution in [-0.2, 0) is 22.4 Å². The minimum Gasteiger partial charge on any atom is -0.322 e. The number of alkyl halides is 3. The summed E-state index contributed by atoms with van der Waals surface area (Å²) in [6, 6.07) is 8.22. The fourth-order valence-corrected chi connectivity index (χ4v) is 4.45. The van der Waals surface area contributed by atoms with Crippen molar-refractivity contribution in [2.75, 3.05) is 24.8 Å². The van der Waals surface area contributed by atoms with Gasteiger partial charge in [-0.1, -0.05) is 22.6 Å². The Morgan fingerprint density at radius 1 is 1.15 bits per heavy atom. The lowest BCUT2D eigenvalue weighted by molar-refractivity contribution is -0.138. The summed E-state index contributed by atoms with van der Waals surface area (Å²) in [4.78, 5) is 34.1. The number of hydrogen-bond acceptors (Lipinski definition) is 8. The highest BCUT2D eigenvalue weighted by Gasteiger charge is 2.31. The van der Waals surface area contributed by atoms with Gasteiger partial charge < -0.3 is 15.5 Å². The summed E-state index contributed by atoms with van der Waals surface area (Å²) in [7, 11) is 2.99. The van der Waals surface area contributed by atoms with Crippen LogP contribution in [-0.4, -0.2) is 51.0 Å². The molecule has 2 heterocycles. The summed E-state index contributed by atoms with van der Waals surface area (Å²) in [5.74, 6) is -0.835. The molecule has 0 saturated carbocycles. The van der Waals surface area contributed by atoms with Crippen molar-refractivity contribution in [3.05, 3.63) is 71.0 Å². The molecule has 39 heavy (non-hydrogen) atoms. The molecule has 10 nitrogen and oxygen atoms in total. The zero-order valence-electron chi connectivity index (χ0n) is 21.3. The number of carbonyl (C=O) groups excluding carboxylic acids is 2. The van der Waals surface area contributed by atoms with Crippen LogP contribution in [0, 0.1) is 6.92 Å². The summed E-state index contributed by atoms with van der Waals surface area (Å²) in [5.41, 5.74) is 1.50. The number of hydroxylamine groups is 2. The van der Waals surface area contributed by atoms with Gasteiger partial charge in [-0.3, -0.25) is 9.59 Å². The molecule has 14 heteroatoms. The number of nitrogens with zero attached hydrogens (tertiary/aromatic N) is 5. The van der Waals surface area contributed by atoms with E-state index in [9.17, 15) is 22.8 Å². The van der Waals surface area contributed by atoms with Gasteiger partial charge in [-0.15, -0.1) is 5.10 Å². The van der Waals surface area contributed by atoms with Crippen LogP contribution in [0.25, 0.3) is 16.3 Å². The molecule has 0 spiro atoms. The van der Waals surface area contributed by atoms with Gasteiger partial charge in [-0.05, 0) is 48.4 Å². The van der Waals surface area contributed by atoms with Gasteiger partial charge in [0.25, 0.3) is 5.91 Å². The van der Waals surface area contributed by atoms with Crippen molar-refractivity contribution in [1.82, 2.24) is 25.0 Å². The Labute approximate surface area is 225 Å². The molecule has 204 valence electrons. The Balaban J connectivity index is 1.59. The van der Waals surface area contributed by atoms with Gasteiger partial charge in [-0.2, -0.15) is 18.2 Å².